The first-order valence-corrected chi connectivity index (χ1v) is 6.37. The zero-order chi connectivity index (χ0) is 12.7. The van der Waals surface area contributed by atoms with E-state index in [0.717, 1.165) is 26.3 Å². The minimum absolute atomic E-state index is 0.0996. The van der Waals surface area contributed by atoms with Gasteiger partial charge in [-0.3, -0.25) is 0 Å². The van der Waals surface area contributed by atoms with Crippen LogP contribution in [-0.4, -0.2) is 26.3 Å². The van der Waals surface area contributed by atoms with Crippen molar-refractivity contribution in [3.8, 4) is 0 Å². The molecule has 0 unspecified atom stereocenters. The Kier molecular flexibility index (Phi) is 6.01. The van der Waals surface area contributed by atoms with E-state index in [4.69, 9.17) is 10.5 Å². The Labute approximate surface area is 105 Å². The summed E-state index contributed by atoms with van der Waals surface area (Å²) in [6.07, 6.45) is 0. The Morgan fingerprint density at radius 3 is 2.35 bits per heavy atom. The third-order valence-corrected chi connectivity index (χ3v) is 2.88. The van der Waals surface area contributed by atoms with E-state index in [9.17, 15) is 0 Å². The lowest BCUT2D eigenvalue weighted by atomic mass is 10.1. The molecule has 96 valence electrons. The van der Waals surface area contributed by atoms with Gasteiger partial charge in [0.05, 0.1) is 6.61 Å². The first kappa shape index (κ1) is 14.0. The van der Waals surface area contributed by atoms with E-state index >= 15 is 0 Å². The molecule has 0 amide bonds. The van der Waals surface area contributed by atoms with Gasteiger partial charge < -0.3 is 15.4 Å². The van der Waals surface area contributed by atoms with E-state index in [1.165, 1.54) is 11.3 Å². The molecule has 0 fully saturated rings. The zero-order valence-corrected chi connectivity index (χ0v) is 11.1. The smallest absolute Gasteiger partial charge is 0.0641 e. The van der Waals surface area contributed by atoms with E-state index in [2.05, 4.69) is 36.1 Å². The minimum Gasteiger partial charge on any atom is -0.380 e. The van der Waals surface area contributed by atoms with Gasteiger partial charge in [0, 0.05) is 31.4 Å². The van der Waals surface area contributed by atoms with Crippen LogP contribution in [-0.2, 0) is 4.74 Å². The largest absolute Gasteiger partial charge is 0.380 e. The highest BCUT2D eigenvalue weighted by Crippen LogP contribution is 2.17. The van der Waals surface area contributed by atoms with Crippen molar-refractivity contribution in [1.82, 2.24) is 0 Å². The maximum Gasteiger partial charge on any atom is 0.0641 e. The molecule has 0 aliphatic rings. The summed E-state index contributed by atoms with van der Waals surface area (Å²) in [6, 6.07) is 8.57. The molecular formula is C14H24N2O. The van der Waals surface area contributed by atoms with Gasteiger partial charge in [-0.25, -0.2) is 0 Å². The van der Waals surface area contributed by atoms with Crippen LogP contribution < -0.4 is 10.6 Å². The molecule has 1 aromatic carbocycles. The topological polar surface area (TPSA) is 38.5 Å². The maximum atomic E-state index is 5.84. The summed E-state index contributed by atoms with van der Waals surface area (Å²) in [5, 5.41) is 0. The normalized spacial score (nSPS) is 12.5. The summed E-state index contributed by atoms with van der Waals surface area (Å²) in [4.78, 5) is 2.31. The first-order chi connectivity index (χ1) is 8.19. The van der Waals surface area contributed by atoms with Gasteiger partial charge in [-0.2, -0.15) is 0 Å². The van der Waals surface area contributed by atoms with Gasteiger partial charge in [-0.15, -0.1) is 0 Å². The molecule has 0 aliphatic carbocycles. The van der Waals surface area contributed by atoms with Crippen molar-refractivity contribution >= 4 is 5.69 Å². The van der Waals surface area contributed by atoms with Crippen LogP contribution >= 0.6 is 0 Å². The van der Waals surface area contributed by atoms with E-state index in [-0.39, 0.29) is 6.04 Å². The van der Waals surface area contributed by atoms with Gasteiger partial charge in [-0.1, -0.05) is 12.1 Å². The number of nitrogens with two attached hydrogens (primary N) is 1. The molecule has 0 saturated heterocycles. The van der Waals surface area contributed by atoms with Crippen molar-refractivity contribution in [2.75, 3.05) is 31.2 Å². The molecule has 17 heavy (non-hydrogen) atoms. The summed E-state index contributed by atoms with van der Waals surface area (Å²) in [7, 11) is 0. The predicted molar refractivity (Wildman–Crippen MR) is 73.4 cm³/mol. The van der Waals surface area contributed by atoms with Crippen molar-refractivity contribution in [2.24, 2.45) is 5.73 Å². The highest BCUT2D eigenvalue weighted by molar-refractivity contribution is 5.47. The van der Waals surface area contributed by atoms with Gasteiger partial charge in [0.2, 0.25) is 0 Å². The number of anilines is 1. The zero-order valence-electron chi connectivity index (χ0n) is 11.1. The molecule has 0 saturated carbocycles. The molecule has 0 spiro atoms. The monoisotopic (exact) mass is 236 g/mol. The fraction of sp³-hybridized carbons (Fsp3) is 0.571. The molecule has 0 bridgehead atoms. The SMILES string of the molecule is CCOCCN(CC)c1ccc([C@@H](C)N)cc1. The van der Waals surface area contributed by atoms with Crippen molar-refractivity contribution in [3.05, 3.63) is 29.8 Å². The lowest BCUT2D eigenvalue weighted by molar-refractivity contribution is 0.154. The van der Waals surface area contributed by atoms with Crippen LogP contribution in [0.1, 0.15) is 32.4 Å². The van der Waals surface area contributed by atoms with Crippen LogP contribution in [0.4, 0.5) is 5.69 Å². The van der Waals surface area contributed by atoms with Crippen LogP contribution in [0.2, 0.25) is 0 Å². The molecule has 0 radical (unpaired) electrons. The van der Waals surface area contributed by atoms with E-state index < -0.39 is 0 Å². The first-order valence-electron chi connectivity index (χ1n) is 6.37. The number of benzene rings is 1. The van der Waals surface area contributed by atoms with Crippen LogP contribution in [0.5, 0.6) is 0 Å². The van der Waals surface area contributed by atoms with Crippen LogP contribution in [0.3, 0.4) is 0 Å². The lowest BCUT2D eigenvalue weighted by Crippen LogP contribution is -2.27. The number of ether oxygens (including phenoxy) is 1. The van der Waals surface area contributed by atoms with Crippen LogP contribution in [0.25, 0.3) is 0 Å². The second-order valence-electron chi connectivity index (χ2n) is 4.16. The summed E-state index contributed by atoms with van der Waals surface area (Å²) < 4.78 is 5.39. The number of hydrogen-bond acceptors (Lipinski definition) is 3. The van der Waals surface area contributed by atoms with Gasteiger partial charge in [0.1, 0.15) is 0 Å². The highest BCUT2D eigenvalue weighted by Gasteiger charge is 2.05. The minimum atomic E-state index is 0.0996. The Hall–Kier alpha value is -1.06. The van der Waals surface area contributed by atoms with Gasteiger partial charge in [0.15, 0.2) is 0 Å². The fourth-order valence-corrected chi connectivity index (χ4v) is 1.78. The summed E-state index contributed by atoms with van der Waals surface area (Å²) in [5.74, 6) is 0. The van der Waals surface area contributed by atoms with Gasteiger partial charge in [-0.05, 0) is 38.5 Å². The second kappa shape index (κ2) is 7.30. The molecule has 1 rings (SSSR count). The Bertz CT molecular complexity index is 309. The third-order valence-electron chi connectivity index (χ3n) is 2.88. The Morgan fingerprint density at radius 1 is 1.24 bits per heavy atom. The van der Waals surface area contributed by atoms with Crippen molar-refractivity contribution in [2.45, 2.75) is 26.8 Å². The van der Waals surface area contributed by atoms with Crippen LogP contribution in [0, 0.1) is 0 Å². The van der Waals surface area contributed by atoms with Crippen molar-refractivity contribution in [1.29, 1.82) is 0 Å². The van der Waals surface area contributed by atoms with Crippen molar-refractivity contribution in [3.63, 3.8) is 0 Å². The Balaban J connectivity index is 2.62. The average Bonchev–Trinajstić information content (AvgIpc) is 2.35. The van der Waals surface area contributed by atoms with Gasteiger partial charge >= 0.3 is 0 Å². The van der Waals surface area contributed by atoms with E-state index in [1.54, 1.807) is 0 Å². The van der Waals surface area contributed by atoms with E-state index in [0.29, 0.717) is 0 Å². The molecule has 2 N–H and O–H groups in total. The standard InChI is InChI=1S/C14H24N2O/c1-4-16(10-11-17-5-2)14-8-6-13(7-9-14)12(3)15/h6-9,12H,4-5,10-11,15H2,1-3H3/t12-/m1/s1. The second-order valence-corrected chi connectivity index (χ2v) is 4.16. The highest BCUT2D eigenvalue weighted by atomic mass is 16.5. The van der Waals surface area contributed by atoms with Gasteiger partial charge in [0.25, 0.3) is 0 Å². The Morgan fingerprint density at radius 2 is 1.88 bits per heavy atom. The molecule has 3 heteroatoms. The number of rotatable bonds is 7. The predicted octanol–water partition coefficient (Wildman–Crippen LogP) is 2.57. The summed E-state index contributed by atoms with van der Waals surface area (Å²) in [5.41, 5.74) is 8.25. The molecule has 0 aliphatic heterocycles. The molecule has 0 aromatic heterocycles. The molecule has 1 aromatic rings. The summed E-state index contributed by atoms with van der Waals surface area (Å²) in [6.45, 7) is 9.66. The molecule has 0 heterocycles. The van der Waals surface area contributed by atoms with E-state index in [1.807, 2.05) is 13.8 Å². The molecular weight excluding hydrogens is 212 g/mol. The number of hydrogen-bond donors (Lipinski definition) is 1. The molecule has 1 atom stereocenters. The quantitative estimate of drug-likeness (QED) is 0.739. The summed E-state index contributed by atoms with van der Waals surface area (Å²) >= 11 is 0. The molecule has 3 nitrogen and oxygen atoms in total. The average molecular weight is 236 g/mol. The lowest BCUT2D eigenvalue weighted by Gasteiger charge is -2.23. The fourth-order valence-electron chi connectivity index (χ4n) is 1.78. The van der Waals surface area contributed by atoms with Crippen LogP contribution in [0.15, 0.2) is 24.3 Å². The third kappa shape index (κ3) is 4.36. The maximum absolute atomic E-state index is 5.84. The number of likely N-dealkylation sites (N-methyl/N-ethyl adjacent to an activating group) is 1. The number of nitrogens with zero attached hydrogens (tertiary/aromatic N) is 1. The van der Waals surface area contributed by atoms with Crippen molar-refractivity contribution < 1.29 is 4.74 Å².